The first-order valence-corrected chi connectivity index (χ1v) is 5.83. The number of para-hydroxylation sites is 2. The number of nitrogens with zero attached hydrogens (tertiary/aromatic N) is 2. The molecule has 1 saturated carbocycles. The summed E-state index contributed by atoms with van der Waals surface area (Å²) in [4.78, 5) is 9.19. The molecule has 1 aromatic heterocycles. The first kappa shape index (κ1) is 9.58. The lowest BCUT2D eigenvalue weighted by molar-refractivity contribution is 0.444. The molecular weight excluding hydrogens is 198 g/mol. The Bertz CT molecular complexity index is 518. The third-order valence-corrected chi connectivity index (χ3v) is 3.19. The van der Waals surface area contributed by atoms with Gasteiger partial charge < -0.3 is 5.32 Å². The maximum absolute atomic E-state index is 4.62. The van der Waals surface area contributed by atoms with E-state index in [1.165, 1.54) is 19.3 Å². The molecule has 1 aromatic carbocycles. The predicted octanol–water partition coefficient (Wildman–Crippen LogP) is 2.90. The highest BCUT2D eigenvalue weighted by molar-refractivity contribution is 5.76. The highest BCUT2D eigenvalue weighted by Gasteiger charge is 2.18. The molecule has 0 bridgehead atoms. The highest BCUT2D eigenvalue weighted by Crippen LogP contribution is 2.24. The fraction of sp³-hybridized carbons (Fsp3) is 0.385. The minimum atomic E-state index is 0.606. The van der Waals surface area contributed by atoms with Crippen LogP contribution in [0.3, 0.4) is 0 Å². The lowest BCUT2D eigenvalue weighted by atomic mass is 9.93. The topological polar surface area (TPSA) is 37.8 Å². The van der Waals surface area contributed by atoms with Crippen molar-refractivity contribution in [2.24, 2.45) is 0 Å². The molecule has 3 nitrogen and oxygen atoms in total. The quantitative estimate of drug-likeness (QED) is 0.833. The Balaban J connectivity index is 1.99. The van der Waals surface area contributed by atoms with Crippen LogP contribution in [-0.4, -0.2) is 16.0 Å². The zero-order valence-electron chi connectivity index (χ0n) is 9.40. The number of rotatable bonds is 2. The lowest BCUT2D eigenvalue weighted by Gasteiger charge is -2.27. The van der Waals surface area contributed by atoms with E-state index in [1.54, 1.807) is 0 Å². The van der Waals surface area contributed by atoms with Crippen molar-refractivity contribution in [3.63, 3.8) is 0 Å². The summed E-state index contributed by atoms with van der Waals surface area (Å²) < 4.78 is 0. The molecule has 1 heterocycles. The van der Waals surface area contributed by atoms with Crippen molar-refractivity contribution in [2.75, 3.05) is 5.32 Å². The monoisotopic (exact) mass is 213 g/mol. The van der Waals surface area contributed by atoms with Crippen molar-refractivity contribution >= 4 is 16.9 Å². The first-order chi connectivity index (χ1) is 7.83. The van der Waals surface area contributed by atoms with Crippen molar-refractivity contribution in [3.8, 4) is 0 Å². The number of anilines is 1. The van der Waals surface area contributed by atoms with Gasteiger partial charge in [0, 0.05) is 6.04 Å². The highest BCUT2D eigenvalue weighted by atomic mass is 15.0. The summed E-state index contributed by atoms with van der Waals surface area (Å²) in [5.74, 6) is 0.948. The van der Waals surface area contributed by atoms with Crippen LogP contribution in [0.15, 0.2) is 24.3 Å². The van der Waals surface area contributed by atoms with E-state index in [1.807, 2.05) is 31.2 Å². The smallest absolute Gasteiger partial charge is 0.148 e. The number of benzene rings is 1. The van der Waals surface area contributed by atoms with Crippen LogP contribution in [0.1, 0.15) is 25.0 Å². The molecular formula is C13H15N3. The van der Waals surface area contributed by atoms with Gasteiger partial charge in [-0.3, -0.25) is 0 Å². The van der Waals surface area contributed by atoms with E-state index in [-0.39, 0.29) is 0 Å². The summed E-state index contributed by atoms with van der Waals surface area (Å²) in [5, 5.41) is 3.47. The van der Waals surface area contributed by atoms with Gasteiger partial charge >= 0.3 is 0 Å². The molecule has 1 N–H and O–H groups in total. The van der Waals surface area contributed by atoms with E-state index >= 15 is 0 Å². The molecule has 0 saturated heterocycles. The summed E-state index contributed by atoms with van der Waals surface area (Å²) in [6.45, 7) is 2.01. The molecule has 82 valence electrons. The van der Waals surface area contributed by atoms with Gasteiger partial charge in [-0.25, -0.2) is 9.97 Å². The SMILES string of the molecule is Cc1nc2ccccc2nc1NC1CCC1. The first-order valence-electron chi connectivity index (χ1n) is 5.83. The normalized spacial score (nSPS) is 16.1. The van der Waals surface area contributed by atoms with Crippen molar-refractivity contribution in [3.05, 3.63) is 30.0 Å². The Labute approximate surface area is 94.9 Å². The predicted molar refractivity (Wildman–Crippen MR) is 65.5 cm³/mol. The standard InChI is InChI=1S/C13H15N3/c1-9-13(15-10-5-4-6-10)16-12-8-3-2-7-11(12)14-9/h2-3,7-8,10H,4-6H2,1H3,(H,15,16). The summed E-state index contributed by atoms with van der Waals surface area (Å²) in [7, 11) is 0. The van der Waals surface area contributed by atoms with Crippen LogP contribution in [0.25, 0.3) is 11.0 Å². The van der Waals surface area contributed by atoms with Gasteiger partial charge in [0.15, 0.2) is 0 Å². The average molecular weight is 213 g/mol. The van der Waals surface area contributed by atoms with E-state index in [4.69, 9.17) is 0 Å². The molecule has 1 fully saturated rings. The number of hydrogen-bond donors (Lipinski definition) is 1. The fourth-order valence-electron chi connectivity index (χ4n) is 1.97. The summed E-state index contributed by atoms with van der Waals surface area (Å²) >= 11 is 0. The van der Waals surface area contributed by atoms with E-state index < -0.39 is 0 Å². The average Bonchev–Trinajstić information content (AvgIpc) is 2.23. The van der Waals surface area contributed by atoms with Gasteiger partial charge in [-0.15, -0.1) is 0 Å². The molecule has 2 aromatic rings. The van der Waals surface area contributed by atoms with Gasteiger partial charge in [0.1, 0.15) is 5.82 Å². The minimum absolute atomic E-state index is 0.606. The van der Waals surface area contributed by atoms with Crippen LogP contribution in [-0.2, 0) is 0 Å². The summed E-state index contributed by atoms with van der Waals surface area (Å²) in [6, 6.07) is 8.61. The van der Waals surface area contributed by atoms with Crippen molar-refractivity contribution in [1.29, 1.82) is 0 Å². The van der Waals surface area contributed by atoms with Crippen LogP contribution in [0.4, 0.5) is 5.82 Å². The largest absolute Gasteiger partial charge is 0.366 e. The Morgan fingerprint density at radius 2 is 1.81 bits per heavy atom. The molecule has 16 heavy (non-hydrogen) atoms. The third kappa shape index (κ3) is 1.62. The number of hydrogen-bond acceptors (Lipinski definition) is 3. The Morgan fingerprint density at radius 3 is 2.44 bits per heavy atom. The summed E-state index contributed by atoms with van der Waals surface area (Å²) in [5.41, 5.74) is 2.93. The maximum atomic E-state index is 4.62. The van der Waals surface area contributed by atoms with Gasteiger partial charge in [0.2, 0.25) is 0 Å². The van der Waals surface area contributed by atoms with Crippen LogP contribution < -0.4 is 5.32 Å². The van der Waals surface area contributed by atoms with Crippen molar-refractivity contribution in [1.82, 2.24) is 9.97 Å². The second-order valence-corrected chi connectivity index (χ2v) is 4.42. The van der Waals surface area contributed by atoms with Crippen molar-refractivity contribution < 1.29 is 0 Å². The zero-order valence-corrected chi connectivity index (χ0v) is 9.40. The molecule has 0 amide bonds. The fourth-order valence-corrected chi connectivity index (χ4v) is 1.97. The second-order valence-electron chi connectivity index (χ2n) is 4.42. The molecule has 0 aliphatic heterocycles. The van der Waals surface area contributed by atoms with Crippen LogP contribution in [0.2, 0.25) is 0 Å². The van der Waals surface area contributed by atoms with Gasteiger partial charge in [-0.2, -0.15) is 0 Å². The van der Waals surface area contributed by atoms with Crippen LogP contribution in [0, 0.1) is 6.92 Å². The molecule has 3 heteroatoms. The molecule has 3 rings (SSSR count). The van der Waals surface area contributed by atoms with Gasteiger partial charge in [-0.05, 0) is 38.3 Å². The number of aromatic nitrogens is 2. The molecule has 1 aliphatic carbocycles. The second kappa shape index (κ2) is 3.74. The van der Waals surface area contributed by atoms with Gasteiger partial charge in [0.25, 0.3) is 0 Å². The molecule has 0 unspecified atom stereocenters. The molecule has 1 aliphatic rings. The number of aryl methyl sites for hydroxylation is 1. The minimum Gasteiger partial charge on any atom is -0.366 e. The van der Waals surface area contributed by atoms with Crippen LogP contribution >= 0.6 is 0 Å². The zero-order chi connectivity index (χ0) is 11.0. The summed E-state index contributed by atoms with van der Waals surface area (Å²) in [6.07, 6.45) is 3.85. The Morgan fingerprint density at radius 1 is 1.12 bits per heavy atom. The Hall–Kier alpha value is -1.64. The third-order valence-electron chi connectivity index (χ3n) is 3.19. The van der Waals surface area contributed by atoms with Crippen molar-refractivity contribution in [2.45, 2.75) is 32.2 Å². The van der Waals surface area contributed by atoms with Gasteiger partial charge in [0.05, 0.1) is 16.7 Å². The number of nitrogens with one attached hydrogen (secondary N) is 1. The van der Waals surface area contributed by atoms with Gasteiger partial charge in [-0.1, -0.05) is 12.1 Å². The van der Waals surface area contributed by atoms with E-state index in [0.717, 1.165) is 22.5 Å². The Kier molecular flexibility index (Phi) is 2.24. The van der Waals surface area contributed by atoms with Crippen LogP contribution in [0.5, 0.6) is 0 Å². The number of fused-ring (bicyclic) bond motifs is 1. The van der Waals surface area contributed by atoms with E-state index in [9.17, 15) is 0 Å². The van der Waals surface area contributed by atoms with E-state index in [2.05, 4.69) is 15.3 Å². The molecule has 0 atom stereocenters. The van der Waals surface area contributed by atoms with E-state index in [0.29, 0.717) is 6.04 Å². The molecule has 0 spiro atoms. The maximum Gasteiger partial charge on any atom is 0.148 e. The lowest BCUT2D eigenvalue weighted by Crippen LogP contribution is -2.28. The molecule has 0 radical (unpaired) electrons.